The van der Waals surface area contributed by atoms with Gasteiger partial charge in [0.25, 0.3) is 0 Å². The second kappa shape index (κ2) is 8.92. The van der Waals surface area contributed by atoms with Crippen LogP contribution in [0.25, 0.3) is 0 Å². The number of aliphatic carboxylic acids is 1. The lowest BCUT2D eigenvalue weighted by Crippen LogP contribution is -2.42. The summed E-state index contributed by atoms with van der Waals surface area (Å²) in [6.45, 7) is 0. The van der Waals surface area contributed by atoms with Crippen molar-refractivity contribution < 1.29 is 28.0 Å². The Hall–Kier alpha value is -1.09. The van der Waals surface area contributed by atoms with Gasteiger partial charge in [-0.3, -0.25) is 9.59 Å². The van der Waals surface area contributed by atoms with E-state index in [9.17, 15) is 9.59 Å². The fourth-order valence-corrected chi connectivity index (χ4v) is 2.84. The van der Waals surface area contributed by atoms with E-state index in [1.165, 1.54) is 27.5 Å². The fraction of sp³-hybridized carbons (Fsp3) is 0.700. The quantitative estimate of drug-likeness (QED) is 0.493. The Labute approximate surface area is 107 Å². The molecule has 0 heterocycles. The summed E-state index contributed by atoms with van der Waals surface area (Å²) < 4.78 is 15.6. The summed E-state index contributed by atoms with van der Waals surface area (Å²) in [5.41, 5.74) is 0. The molecule has 0 fully saturated rings. The van der Waals surface area contributed by atoms with E-state index in [0.717, 1.165) is 0 Å². The zero-order chi connectivity index (χ0) is 14.0. The third kappa shape index (κ3) is 6.60. The Morgan fingerprint density at radius 3 is 2.17 bits per heavy atom. The van der Waals surface area contributed by atoms with Crippen LogP contribution in [0.15, 0.2) is 4.99 Å². The second-order valence-corrected chi connectivity index (χ2v) is 6.52. The number of rotatable bonds is 9. The third-order valence-corrected chi connectivity index (χ3v) is 5.07. The van der Waals surface area contributed by atoms with Crippen molar-refractivity contribution in [1.82, 2.24) is 0 Å². The lowest BCUT2D eigenvalue weighted by atomic mass is 10.3. The van der Waals surface area contributed by atoms with E-state index in [1.54, 1.807) is 0 Å². The van der Waals surface area contributed by atoms with Crippen LogP contribution in [0.3, 0.4) is 0 Å². The molecule has 1 amide bonds. The van der Waals surface area contributed by atoms with Crippen LogP contribution in [0.1, 0.15) is 19.3 Å². The van der Waals surface area contributed by atoms with Gasteiger partial charge in [0, 0.05) is 40.0 Å². The summed E-state index contributed by atoms with van der Waals surface area (Å²) in [7, 11) is 1.90. The zero-order valence-electron chi connectivity index (χ0n) is 10.8. The smallest absolute Gasteiger partial charge is 0.481 e. The molecule has 0 saturated heterocycles. The van der Waals surface area contributed by atoms with Crippen LogP contribution in [0.2, 0.25) is 6.04 Å². The van der Waals surface area contributed by atoms with Crippen LogP contribution < -0.4 is 0 Å². The summed E-state index contributed by atoms with van der Waals surface area (Å²) in [5, 5.41) is 8.39. The van der Waals surface area contributed by atoms with E-state index >= 15 is 0 Å². The topological polar surface area (TPSA) is 94.4 Å². The van der Waals surface area contributed by atoms with E-state index in [1.807, 2.05) is 0 Å². The average molecular weight is 277 g/mol. The van der Waals surface area contributed by atoms with Crippen molar-refractivity contribution in [3.8, 4) is 0 Å². The van der Waals surface area contributed by atoms with Crippen molar-refractivity contribution in [3.63, 3.8) is 0 Å². The molecule has 0 aliphatic heterocycles. The van der Waals surface area contributed by atoms with Crippen molar-refractivity contribution >= 4 is 26.9 Å². The van der Waals surface area contributed by atoms with Gasteiger partial charge in [0.05, 0.1) is 6.42 Å². The largest absolute Gasteiger partial charge is 0.500 e. The molecule has 1 N–H and O–H groups in total. The monoisotopic (exact) mass is 277 g/mol. The number of carbonyl (C=O) groups excluding carboxylic acids is 1. The van der Waals surface area contributed by atoms with Gasteiger partial charge in [-0.15, -0.1) is 0 Å². The summed E-state index contributed by atoms with van der Waals surface area (Å²) in [6.07, 6.45) is 1.61. The Kier molecular flexibility index (Phi) is 8.38. The molecule has 7 nitrogen and oxygen atoms in total. The number of amides is 1. The molecule has 0 aromatic heterocycles. The van der Waals surface area contributed by atoms with Crippen molar-refractivity contribution in [2.75, 3.05) is 21.3 Å². The molecular weight excluding hydrogens is 258 g/mol. The maximum absolute atomic E-state index is 11.1. The first kappa shape index (κ1) is 16.9. The molecule has 0 unspecified atom stereocenters. The SMILES string of the molecule is CO[Si](CCC=NC(=O)CCC(=O)O)(OC)OC. The molecule has 0 rings (SSSR count). The number of carboxylic acid groups (broad SMARTS) is 1. The van der Waals surface area contributed by atoms with Gasteiger partial charge in [-0.25, -0.2) is 4.99 Å². The van der Waals surface area contributed by atoms with Crippen LogP contribution in [-0.2, 0) is 22.9 Å². The van der Waals surface area contributed by atoms with Gasteiger partial charge in [-0.1, -0.05) is 0 Å². The summed E-state index contributed by atoms with van der Waals surface area (Å²) >= 11 is 0. The molecule has 0 spiro atoms. The van der Waals surface area contributed by atoms with Gasteiger partial charge in [-0.2, -0.15) is 0 Å². The summed E-state index contributed by atoms with van der Waals surface area (Å²) in [6, 6.07) is 0.506. The predicted octanol–water partition coefficient (Wildman–Crippen LogP) is 0.717. The molecule has 0 aliphatic rings. The van der Waals surface area contributed by atoms with E-state index in [2.05, 4.69) is 4.99 Å². The molecule has 0 bridgehead atoms. The van der Waals surface area contributed by atoms with Gasteiger partial charge in [-0.05, 0) is 6.42 Å². The highest BCUT2D eigenvalue weighted by Gasteiger charge is 2.36. The van der Waals surface area contributed by atoms with Crippen molar-refractivity contribution in [2.45, 2.75) is 25.3 Å². The van der Waals surface area contributed by atoms with Crippen LogP contribution >= 0.6 is 0 Å². The molecule has 0 aromatic rings. The van der Waals surface area contributed by atoms with Crippen LogP contribution in [0.5, 0.6) is 0 Å². The number of hydrogen-bond acceptors (Lipinski definition) is 5. The fourth-order valence-electron chi connectivity index (χ4n) is 1.24. The Balaban J connectivity index is 4.02. The normalized spacial score (nSPS) is 11.9. The van der Waals surface area contributed by atoms with Gasteiger partial charge in [0.1, 0.15) is 0 Å². The number of aliphatic imine (C=N–C) groups is 1. The number of carboxylic acids is 1. The maximum atomic E-state index is 11.1. The Morgan fingerprint density at radius 1 is 1.17 bits per heavy atom. The maximum Gasteiger partial charge on any atom is 0.500 e. The average Bonchev–Trinajstić information content (AvgIpc) is 2.37. The number of nitrogens with zero attached hydrogens (tertiary/aromatic N) is 1. The zero-order valence-corrected chi connectivity index (χ0v) is 11.8. The Morgan fingerprint density at radius 2 is 1.72 bits per heavy atom. The summed E-state index contributed by atoms with van der Waals surface area (Å²) in [5.74, 6) is -1.46. The van der Waals surface area contributed by atoms with Crippen molar-refractivity contribution in [3.05, 3.63) is 0 Å². The predicted molar refractivity (Wildman–Crippen MR) is 66.6 cm³/mol. The number of hydrogen-bond donors (Lipinski definition) is 1. The van der Waals surface area contributed by atoms with Gasteiger partial charge in [0.2, 0.25) is 5.91 Å². The first-order valence-corrected chi connectivity index (χ1v) is 7.35. The van der Waals surface area contributed by atoms with Gasteiger partial charge >= 0.3 is 14.8 Å². The molecule has 0 atom stereocenters. The van der Waals surface area contributed by atoms with Crippen molar-refractivity contribution in [1.29, 1.82) is 0 Å². The molecule has 8 heteroatoms. The van der Waals surface area contributed by atoms with Crippen LogP contribution in [-0.4, -0.2) is 53.3 Å². The highest BCUT2D eigenvalue weighted by molar-refractivity contribution is 6.60. The standard InChI is InChI=1S/C10H19NO6Si/c1-15-18(16-2,17-3)8-4-7-11-9(12)5-6-10(13)14/h7H,4-6,8H2,1-3H3,(H,13,14). The van der Waals surface area contributed by atoms with Gasteiger partial charge in [0.15, 0.2) is 0 Å². The van der Waals surface area contributed by atoms with Gasteiger partial charge < -0.3 is 18.4 Å². The van der Waals surface area contributed by atoms with E-state index in [4.69, 9.17) is 18.4 Å². The second-order valence-electron chi connectivity index (χ2n) is 3.43. The molecule has 0 saturated carbocycles. The molecule has 0 radical (unpaired) electrons. The molecular formula is C10H19NO6Si. The van der Waals surface area contributed by atoms with Crippen LogP contribution in [0, 0.1) is 0 Å². The first-order chi connectivity index (χ1) is 8.49. The molecule has 0 aromatic carbocycles. The molecule has 18 heavy (non-hydrogen) atoms. The highest BCUT2D eigenvalue weighted by Crippen LogP contribution is 2.13. The van der Waals surface area contributed by atoms with E-state index in [-0.39, 0.29) is 12.8 Å². The van der Waals surface area contributed by atoms with Crippen molar-refractivity contribution in [2.24, 2.45) is 4.99 Å². The van der Waals surface area contributed by atoms with E-state index in [0.29, 0.717) is 12.5 Å². The first-order valence-electron chi connectivity index (χ1n) is 5.42. The highest BCUT2D eigenvalue weighted by atomic mass is 28.4. The minimum absolute atomic E-state index is 0.0900. The minimum Gasteiger partial charge on any atom is -0.481 e. The number of carbonyl (C=O) groups is 2. The third-order valence-electron chi connectivity index (χ3n) is 2.30. The lowest BCUT2D eigenvalue weighted by Gasteiger charge is -2.23. The molecule has 0 aliphatic carbocycles. The van der Waals surface area contributed by atoms with E-state index < -0.39 is 20.7 Å². The summed E-state index contributed by atoms with van der Waals surface area (Å²) in [4.78, 5) is 25.0. The lowest BCUT2D eigenvalue weighted by molar-refractivity contribution is -0.138. The molecule has 104 valence electrons. The Bertz CT molecular complexity index is 294. The minimum atomic E-state index is -2.62. The van der Waals surface area contributed by atoms with Crippen LogP contribution in [0.4, 0.5) is 0 Å².